The summed E-state index contributed by atoms with van der Waals surface area (Å²) in [5.74, 6) is -1.03. The number of hydrogen-bond donors (Lipinski definition) is 1. The summed E-state index contributed by atoms with van der Waals surface area (Å²) in [5.41, 5.74) is 1.61. The molecule has 5 nitrogen and oxygen atoms in total. The number of aromatic nitrogens is 2. The maximum Gasteiger partial charge on any atom is 0.354 e. The van der Waals surface area contributed by atoms with Crippen molar-refractivity contribution in [3.05, 3.63) is 59.7 Å². The zero-order valence-corrected chi connectivity index (χ0v) is 10.3. The van der Waals surface area contributed by atoms with Gasteiger partial charge >= 0.3 is 5.97 Å². The lowest BCUT2D eigenvalue weighted by atomic mass is 10.3. The minimum atomic E-state index is -1.03. The number of rotatable bonds is 6. The van der Waals surface area contributed by atoms with Crippen molar-refractivity contribution in [3.63, 3.8) is 0 Å². The second kappa shape index (κ2) is 6.61. The molecule has 2 heterocycles. The van der Waals surface area contributed by atoms with Gasteiger partial charge in [0.15, 0.2) is 0 Å². The third-order valence-corrected chi connectivity index (χ3v) is 2.50. The molecule has 0 radical (unpaired) electrons. The average molecular weight is 258 g/mol. The number of pyridine rings is 2. The molecule has 0 amide bonds. The standard InChI is InChI=1S/C14H14N2O3/c17-14(18)13-6-3-5-12(16-13)10-19-9-7-11-4-1-2-8-15-11/h1-6,8H,7,9-10H2,(H,17,18). The molecular weight excluding hydrogens is 244 g/mol. The van der Waals surface area contributed by atoms with E-state index in [-0.39, 0.29) is 5.69 Å². The van der Waals surface area contributed by atoms with E-state index in [0.29, 0.717) is 18.9 Å². The molecule has 0 aliphatic heterocycles. The van der Waals surface area contributed by atoms with E-state index in [1.165, 1.54) is 6.07 Å². The van der Waals surface area contributed by atoms with E-state index in [9.17, 15) is 4.79 Å². The zero-order valence-electron chi connectivity index (χ0n) is 10.3. The Kier molecular flexibility index (Phi) is 4.58. The number of carboxylic acid groups (broad SMARTS) is 1. The molecule has 0 aromatic carbocycles. The van der Waals surface area contributed by atoms with Gasteiger partial charge in [0, 0.05) is 18.3 Å². The Morgan fingerprint density at radius 3 is 2.74 bits per heavy atom. The highest BCUT2D eigenvalue weighted by atomic mass is 16.5. The number of nitrogens with zero attached hydrogens (tertiary/aromatic N) is 2. The molecule has 0 aliphatic rings. The molecule has 0 saturated heterocycles. The van der Waals surface area contributed by atoms with Gasteiger partial charge in [0.25, 0.3) is 0 Å². The topological polar surface area (TPSA) is 72.3 Å². The molecule has 5 heteroatoms. The van der Waals surface area contributed by atoms with Gasteiger partial charge in [0.1, 0.15) is 5.69 Å². The fourth-order valence-corrected chi connectivity index (χ4v) is 1.58. The molecular formula is C14H14N2O3. The van der Waals surface area contributed by atoms with Gasteiger partial charge in [-0.25, -0.2) is 9.78 Å². The van der Waals surface area contributed by atoms with Crippen LogP contribution in [0, 0.1) is 0 Å². The summed E-state index contributed by atoms with van der Waals surface area (Å²) in [6.45, 7) is 0.823. The van der Waals surface area contributed by atoms with Gasteiger partial charge in [0.05, 0.1) is 18.9 Å². The van der Waals surface area contributed by atoms with Gasteiger partial charge in [-0.1, -0.05) is 12.1 Å². The molecule has 0 fully saturated rings. The monoisotopic (exact) mass is 258 g/mol. The Morgan fingerprint density at radius 2 is 2.00 bits per heavy atom. The largest absolute Gasteiger partial charge is 0.477 e. The summed E-state index contributed by atoms with van der Waals surface area (Å²) in [6, 6.07) is 10.6. The summed E-state index contributed by atoms with van der Waals surface area (Å²) in [5, 5.41) is 8.82. The molecule has 98 valence electrons. The molecule has 0 unspecified atom stereocenters. The number of carboxylic acids is 1. The lowest BCUT2D eigenvalue weighted by Gasteiger charge is -2.04. The maximum atomic E-state index is 10.8. The van der Waals surface area contributed by atoms with Crippen LogP contribution < -0.4 is 0 Å². The smallest absolute Gasteiger partial charge is 0.354 e. The van der Waals surface area contributed by atoms with Crippen molar-refractivity contribution in [1.82, 2.24) is 9.97 Å². The summed E-state index contributed by atoms with van der Waals surface area (Å²) in [4.78, 5) is 18.9. The molecule has 2 aromatic rings. The highest BCUT2D eigenvalue weighted by Crippen LogP contribution is 2.02. The highest BCUT2D eigenvalue weighted by Gasteiger charge is 2.04. The number of aromatic carboxylic acids is 1. The Bertz CT molecular complexity index is 543. The lowest BCUT2D eigenvalue weighted by Crippen LogP contribution is -2.05. The molecule has 19 heavy (non-hydrogen) atoms. The molecule has 2 aromatic heterocycles. The van der Waals surface area contributed by atoms with Crippen LogP contribution in [0.2, 0.25) is 0 Å². The van der Waals surface area contributed by atoms with Gasteiger partial charge in [-0.3, -0.25) is 4.98 Å². The van der Waals surface area contributed by atoms with E-state index in [1.54, 1.807) is 18.3 Å². The molecule has 0 bridgehead atoms. The quantitative estimate of drug-likeness (QED) is 0.801. The van der Waals surface area contributed by atoms with E-state index >= 15 is 0 Å². The van der Waals surface area contributed by atoms with Crippen LogP contribution in [-0.2, 0) is 17.8 Å². The third-order valence-electron chi connectivity index (χ3n) is 2.50. The maximum absolute atomic E-state index is 10.8. The van der Waals surface area contributed by atoms with E-state index in [4.69, 9.17) is 9.84 Å². The molecule has 2 rings (SSSR count). The molecule has 1 N–H and O–H groups in total. The van der Waals surface area contributed by atoms with Crippen molar-refractivity contribution in [2.75, 3.05) is 6.61 Å². The predicted molar refractivity (Wildman–Crippen MR) is 68.8 cm³/mol. The van der Waals surface area contributed by atoms with Gasteiger partial charge in [0.2, 0.25) is 0 Å². The summed E-state index contributed by atoms with van der Waals surface area (Å²) in [6.07, 6.45) is 2.46. The molecule has 0 spiro atoms. The second-order valence-corrected chi connectivity index (χ2v) is 3.94. The Labute approximate surface area is 110 Å². The predicted octanol–water partition coefficient (Wildman–Crippen LogP) is 1.93. The van der Waals surface area contributed by atoms with Crippen LogP contribution in [0.5, 0.6) is 0 Å². The van der Waals surface area contributed by atoms with E-state index in [0.717, 1.165) is 12.1 Å². The van der Waals surface area contributed by atoms with Gasteiger partial charge in [-0.05, 0) is 24.3 Å². The van der Waals surface area contributed by atoms with Crippen LogP contribution in [0.25, 0.3) is 0 Å². The Morgan fingerprint density at radius 1 is 1.16 bits per heavy atom. The average Bonchev–Trinajstić information content (AvgIpc) is 2.45. The van der Waals surface area contributed by atoms with Gasteiger partial charge < -0.3 is 9.84 Å². The molecule has 0 atom stereocenters. The fourth-order valence-electron chi connectivity index (χ4n) is 1.58. The van der Waals surface area contributed by atoms with Crippen molar-refractivity contribution >= 4 is 5.97 Å². The zero-order chi connectivity index (χ0) is 13.5. The lowest BCUT2D eigenvalue weighted by molar-refractivity contribution is 0.0688. The van der Waals surface area contributed by atoms with Crippen LogP contribution >= 0.6 is 0 Å². The first-order valence-electron chi connectivity index (χ1n) is 5.92. The van der Waals surface area contributed by atoms with Crippen LogP contribution in [-0.4, -0.2) is 27.7 Å². The van der Waals surface area contributed by atoms with E-state index < -0.39 is 5.97 Å². The van der Waals surface area contributed by atoms with Crippen molar-refractivity contribution < 1.29 is 14.6 Å². The van der Waals surface area contributed by atoms with E-state index in [2.05, 4.69) is 9.97 Å². The number of hydrogen-bond acceptors (Lipinski definition) is 4. The highest BCUT2D eigenvalue weighted by molar-refractivity contribution is 5.85. The van der Waals surface area contributed by atoms with Gasteiger partial charge in [-0.2, -0.15) is 0 Å². The van der Waals surface area contributed by atoms with Crippen molar-refractivity contribution in [2.24, 2.45) is 0 Å². The second-order valence-electron chi connectivity index (χ2n) is 3.94. The summed E-state index contributed by atoms with van der Waals surface area (Å²) in [7, 11) is 0. The summed E-state index contributed by atoms with van der Waals surface area (Å²) >= 11 is 0. The first-order valence-corrected chi connectivity index (χ1v) is 5.92. The van der Waals surface area contributed by atoms with Gasteiger partial charge in [-0.15, -0.1) is 0 Å². The van der Waals surface area contributed by atoms with Crippen molar-refractivity contribution in [2.45, 2.75) is 13.0 Å². The third kappa shape index (κ3) is 4.15. The van der Waals surface area contributed by atoms with Crippen LogP contribution in [0.1, 0.15) is 21.9 Å². The number of ether oxygens (including phenoxy) is 1. The first kappa shape index (κ1) is 13.2. The van der Waals surface area contributed by atoms with Crippen molar-refractivity contribution in [3.8, 4) is 0 Å². The van der Waals surface area contributed by atoms with Crippen LogP contribution in [0.15, 0.2) is 42.6 Å². The first-order chi connectivity index (χ1) is 9.25. The Balaban J connectivity index is 1.80. The fraction of sp³-hybridized carbons (Fsp3) is 0.214. The van der Waals surface area contributed by atoms with Crippen LogP contribution in [0.3, 0.4) is 0 Å². The van der Waals surface area contributed by atoms with E-state index in [1.807, 2.05) is 18.2 Å². The minimum Gasteiger partial charge on any atom is -0.477 e. The Hall–Kier alpha value is -2.27. The van der Waals surface area contributed by atoms with Crippen molar-refractivity contribution in [1.29, 1.82) is 0 Å². The SMILES string of the molecule is O=C(O)c1cccc(COCCc2ccccn2)n1. The minimum absolute atomic E-state index is 0.0332. The normalized spacial score (nSPS) is 10.3. The molecule has 0 saturated carbocycles. The van der Waals surface area contributed by atoms with Crippen LogP contribution in [0.4, 0.5) is 0 Å². The summed E-state index contributed by atoms with van der Waals surface area (Å²) < 4.78 is 5.46. The number of carbonyl (C=O) groups is 1. The molecule has 0 aliphatic carbocycles.